The number of aromatic nitrogens is 1. The molecule has 0 bridgehead atoms. The Morgan fingerprint density at radius 3 is 2.62 bits per heavy atom. The summed E-state index contributed by atoms with van der Waals surface area (Å²) in [4.78, 5) is 18.4. The van der Waals surface area contributed by atoms with Gasteiger partial charge in [-0.1, -0.05) is 0 Å². The van der Waals surface area contributed by atoms with Crippen LogP contribution >= 0.6 is 11.3 Å². The van der Waals surface area contributed by atoms with E-state index in [-0.39, 0.29) is 17.8 Å². The number of likely N-dealkylation sites (tertiary alicyclic amines) is 1. The zero-order chi connectivity index (χ0) is 14.8. The van der Waals surface area contributed by atoms with Crippen molar-refractivity contribution < 1.29 is 14.3 Å². The number of carbonyl (C=O) groups excluding carboxylic acids is 1. The van der Waals surface area contributed by atoms with E-state index in [2.05, 4.69) is 4.98 Å². The van der Waals surface area contributed by atoms with E-state index in [0.717, 1.165) is 5.56 Å². The topological polar surface area (TPSA) is 53.4 Å². The molecule has 0 atom stereocenters. The summed E-state index contributed by atoms with van der Waals surface area (Å²) in [6.07, 6.45) is 0.917. The molecule has 0 radical (unpaired) electrons. The highest BCUT2D eigenvalue weighted by Crippen LogP contribution is 2.25. The van der Waals surface area contributed by atoms with Crippen molar-refractivity contribution in [2.24, 2.45) is 0 Å². The van der Waals surface area contributed by atoms with E-state index in [1.165, 1.54) is 23.5 Å². The third-order valence-corrected chi connectivity index (χ3v) is 4.46. The number of halogens is 1. The molecule has 1 aromatic heterocycles. The van der Waals surface area contributed by atoms with Gasteiger partial charge in [0.1, 0.15) is 16.5 Å². The molecule has 1 aromatic carbocycles. The lowest BCUT2D eigenvalue weighted by Gasteiger charge is -2.28. The van der Waals surface area contributed by atoms with Gasteiger partial charge in [0.15, 0.2) is 0 Å². The number of hydrogen-bond donors (Lipinski definition) is 1. The van der Waals surface area contributed by atoms with Gasteiger partial charge in [0, 0.05) is 24.0 Å². The van der Waals surface area contributed by atoms with Gasteiger partial charge in [-0.15, -0.1) is 11.3 Å². The molecule has 1 fully saturated rings. The normalized spacial score (nSPS) is 16.2. The Morgan fingerprint density at radius 1 is 1.29 bits per heavy atom. The van der Waals surface area contributed by atoms with Crippen LogP contribution in [0.5, 0.6) is 0 Å². The second-order valence-corrected chi connectivity index (χ2v) is 5.93. The fourth-order valence-corrected chi connectivity index (χ4v) is 3.13. The number of thiazole rings is 1. The van der Waals surface area contributed by atoms with Crippen LogP contribution in [0.4, 0.5) is 4.39 Å². The van der Waals surface area contributed by atoms with E-state index in [4.69, 9.17) is 0 Å². The first-order chi connectivity index (χ1) is 10.1. The van der Waals surface area contributed by atoms with Crippen LogP contribution in [0.3, 0.4) is 0 Å². The largest absolute Gasteiger partial charge is 0.393 e. The minimum absolute atomic E-state index is 0.105. The molecular weight excluding hydrogens is 291 g/mol. The van der Waals surface area contributed by atoms with Gasteiger partial charge in [0.05, 0.1) is 6.10 Å². The summed E-state index contributed by atoms with van der Waals surface area (Å²) in [5.74, 6) is -0.398. The molecule has 0 aliphatic carbocycles. The van der Waals surface area contributed by atoms with Crippen LogP contribution in [0.25, 0.3) is 10.6 Å². The summed E-state index contributed by atoms with van der Waals surface area (Å²) >= 11 is 1.37. The van der Waals surface area contributed by atoms with E-state index >= 15 is 0 Å². The van der Waals surface area contributed by atoms with Gasteiger partial charge in [-0.25, -0.2) is 9.37 Å². The third kappa shape index (κ3) is 3.11. The molecule has 0 spiro atoms. The number of rotatable bonds is 2. The Hall–Kier alpha value is -1.79. The molecule has 6 heteroatoms. The molecule has 2 heterocycles. The summed E-state index contributed by atoms with van der Waals surface area (Å²) in [5.41, 5.74) is 1.21. The lowest BCUT2D eigenvalue weighted by atomic mass is 10.1. The summed E-state index contributed by atoms with van der Waals surface area (Å²) in [7, 11) is 0. The smallest absolute Gasteiger partial charge is 0.273 e. The van der Waals surface area contributed by atoms with Crippen molar-refractivity contribution in [3.63, 3.8) is 0 Å². The standard InChI is InChI=1S/C15H15FN2O2S/c16-11-3-1-10(2-4-11)14-17-13(9-21-14)15(20)18-7-5-12(19)6-8-18/h1-4,9,12,19H,5-8H2. The average molecular weight is 306 g/mol. The van der Waals surface area contributed by atoms with Crippen molar-refractivity contribution in [2.45, 2.75) is 18.9 Å². The number of aliphatic hydroxyl groups excluding tert-OH is 1. The quantitative estimate of drug-likeness (QED) is 0.927. The fraction of sp³-hybridized carbons (Fsp3) is 0.333. The van der Waals surface area contributed by atoms with Crippen molar-refractivity contribution in [1.29, 1.82) is 0 Å². The van der Waals surface area contributed by atoms with E-state index in [9.17, 15) is 14.3 Å². The molecule has 110 valence electrons. The summed E-state index contributed by atoms with van der Waals surface area (Å²) < 4.78 is 12.9. The van der Waals surface area contributed by atoms with E-state index in [1.807, 2.05) is 0 Å². The summed E-state index contributed by atoms with van der Waals surface area (Å²) in [6.45, 7) is 1.12. The Balaban J connectivity index is 1.75. The molecule has 4 nitrogen and oxygen atoms in total. The molecule has 1 N–H and O–H groups in total. The van der Waals surface area contributed by atoms with Crippen molar-refractivity contribution in [1.82, 2.24) is 9.88 Å². The van der Waals surface area contributed by atoms with Gasteiger partial charge in [-0.2, -0.15) is 0 Å². The minimum Gasteiger partial charge on any atom is -0.393 e. The number of piperidine rings is 1. The number of aliphatic hydroxyl groups is 1. The Bertz CT molecular complexity index is 633. The third-order valence-electron chi connectivity index (χ3n) is 3.57. The minimum atomic E-state index is -0.306. The van der Waals surface area contributed by atoms with E-state index in [0.29, 0.717) is 36.6 Å². The molecular formula is C15H15FN2O2S. The van der Waals surface area contributed by atoms with Gasteiger partial charge < -0.3 is 10.0 Å². The Morgan fingerprint density at radius 2 is 1.95 bits per heavy atom. The van der Waals surface area contributed by atoms with Gasteiger partial charge in [-0.3, -0.25) is 4.79 Å². The molecule has 3 rings (SSSR count). The summed E-state index contributed by atoms with van der Waals surface area (Å²) in [5, 5.41) is 11.9. The van der Waals surface area contributed by atoms with Crippen LogP contribution in [0.1, 0.15) is 23.3 Å². The van der Waals surface area contributed by atoms with Crippen molar-refractivity contribution >= 4 is 17.2 Å². The van der Waals surface area contributed by atoms with E-state index < -0.39 is 0 Å². The first-order valence-corrected chi connectivity index (χ1v) is 7.70. The van der Waals surface area contributed by atoms with Crippen LogP contribution in [0, 0.1) is 5.82 Å². The maximum atomic E-state index is 12.9. The maximum absolute atomic E-state index is 12.9. The number of amides is 1. The van der Waals surface area contributed by atoms with Crippen LogP contribution in [-0.2, 0) is 0 Å². The van der Waals surface area contributed by atoms with Gasteiger partial charge in [0.25, 0.3) is 5.91 Å². The molecule has 1 amide bonds. The molecule has 21 heavy (non-hydrogen) atoms. The second-order valence-electron chi connectivity index (χ2n) is 5.07. The molecule has 0 unspecified atom stereocenters. The number of hydrogen-bond acceptors (Lipinski definition) is 4. The van der Waals surface area contributed by atoms with Crippen LogP contribution in [0.2, 0.25) is 0 Å². The highest BCUT2D eigenvalue weighted by atomic mass is 32.1. The van der Waals surface area contributed by atoms with Crippen LogP contribution in [0.15, 0.2) is 29.6 Å². The second kappa shape index (κ2) is 5.91. The lowest BCUT2D eigenvalue weighted by molar-refractivity contribution is 0.0542. The molecule has 1 saturated heterocycles. The number of nitrogens with zero attached hydrogens (tertiary/aromatic N) is 2. The first-order valence-electron chi connectivity index (χ1n) is 6.82. The van der Waals surface area contributed by atoms with Crippen LogP contribution in [-0.4, -0.2) is 40.1 Å². The Kier molecular flexibility index (Phi) is 3.98. The van der Waals surface area contributed by atoms with Gasteiger partial charge in [0.2, 0.25) is 0 Å². The van der Waals surface area contributed by atoms with Gasteiger partial charge >= 0.3 is 0 Å². The van der Waals surface area contributed by atoms with Crippen molar-refractivity contribution in [3.05, 3.63) is 41.2 Å². The van der Waals surface area contributed by atoms with Crippen LogP contribution < -0.4 is 0 Å². The van der Waals surface area contributed by atoms with Crippen molar-refractivity contribution in [3.8, 4) is 10.6 Å². The lowest BCUT2D eigenvalue weighted by Crippen LogP contribution is -2.40. The Labute approximate surface area is 125 Å². The predicted molar refractivity (Wildman–Crippen MR) is 78.7 cm³/mol. The average Bonchev–Trinajstić information content (AvgIpc) is 2.98. The zero-order valence-corrected chi connectivity index (χ0v) is 12.1. The van der Waals surface area contributed by atoms with E-state index in [1.54, 1.807) is 22.4 Å². The van der Waals surface area contributed by atoms with Crippen molar-refractivity contribution in [2.75, 3.05) is 13.1 Å². The first kappa shape index (κ1) is 14.2. The predicted octanol–water partition coefficient (Wildman–Crippen LogP) is 2.55. The number of carbonyl (C=O) groups is 1. The monoisotopic (exact) mass is 306 g/mol. The molecule has 1 aliphatic rings. The number of benzene rings is 1. The molecule has 2 aromatic rings. The zero-order valence-electron chi connectivity index (χ0n) is 11.3. The maximum Gasteiger partial charge on any atom is 0.273 e. The SMILES string of the molecule is O=C(c1csc(-c2ccc(F)cc2)n1)N1CCC(O)CC1. The summed E-state index contributed by atoms with van der Waals surface area (Å²) in [6, 6.07) is 6.06. The highest BCUT2D eigenvalue weighted by molar-refractivity contribution is 7.13. The highest BCUT2D eigenvalue weighted by Gasteiger charge is 2.24. The molecule has 1 aliphatic heterocycles. The molecule has 0 saturated carbocycles. The fourth-order valence-electron chi connectivity index (χ4n) is 2.33. The van der Waals surface area contributed by atoms with Gasteiger partial charge in [-0.05, 0) is 37.1 Å².